The predicted molar refractivity (Wildman–Crippen MR) is 78.7 cm³/mol. The van der Waals surface area contributed by atoms with Gasteiger partial charge in [0, 0.05) is 27.1 Å². The van der Waals surface area contributed by atoms with E-state index >= 15 is 0 Å². The summed E-state index contributed by atoms with van der Waals surface area (Å²) < 4.78 is 1.72. The first-order chi connectivity index (χ1) is 8.19. The van der Waals surface area contributed by atoms with E-state index in [4.69, 9.17) is 18.0 Å². The number of anilines is 1. The maximum absolute atomic E-state index is 5.98. The molecule has 0 saturated heterocycles. The molecule has 0 radical (unpaired) electrons. The van der Waals surface area contributed by atoms with E-state index in [2.05, 4.69) is 27.2 Å². The van der Waals surface area contributed by atoms with Crippen molar-refractivity contribution in [3.8, 4) is 12.3 Å². The lowest BCUT2D eigenvalue weighted by Gasteiger charge is -2.04. The maximum atomic E-state index is 5.98. The summed E-state index contributed by atoms with van der Waals surface area (Å²) in [4.78, 5) is 1.17. The van der Waals surface area contributed by atoms with E-state index in [1.165, 1.54) is 4.88 Å². The van der Waals surface area contributed by atoms with Gasteiger partial charge in [-0.25, -0.2) is 0 Å². The highest BCUT2D eigenvalue weighted by Crippen LogP contribution is 2.32. The van der Waals surface area contributed by atoms with Crippen LogP contribution in [0.2, 0.25) is 4.34 Å². The number of hydrogen-bond acceptors (Lipinski definition) is 2. The largest absolute Gasteiger partial charge is 0.380 e. The van der Waals surface area contributed by atoms with Crippen molar-refractivity contribution in [2.75, 3.05) is 5.32 Å². The molecule has 1 aromatic heterocycles. The van der Waals surface area contributed by atoms with Crippen molar-refractivity contribution < 1.29 is 0 Å². The number of hydrogen-bond donors (Lipinski definition) is 1. The highest BCUT2D eigenvalue weighted by atomic mass is 79.9. The molecule has 4 heteroatoms. The Morgan fingerprint density at radius 3 is 2.88 bits per heavy atom. The summed E-state index contributed by atoms with van der Waals surface area (Å²) in [7, 11) is 0. The number of halogens is 2. The van der Waals surface area contributed by atoms with Gasteiger partial charge in [-0.2, -0.15) is 0 Å². The summed E-state index contributed by atoms with van der Waals surface area (Å²) in [5.41, 5.74) is 1.89. The van der Waals surface area contributed by atoms with Gasteiger partial charge in [0.25, 0.3) is 0 Å². The molecule has 0 amide bonds. The third-order valence-corrected chi connectivity index (χ3v) is 4.67. The molecule has 0 spiro atoms. The summed E-state index contributed by atoms with van der Waals surface area (Å²) >= 11 is 10.9. The molecule has 1 nitrogen and oxygen atoms in total. The van der Waals surface area contributed by atoms with E-state index in [0.29, 0.717) is 0 Å². The summed E-state index contributed by atoms with van der Waals surface area (Å²) in [6.07, 6.45) is 5.35. The monoisotopic (exact) mass is 325 g/mol. The summed E-state index contributed by atoms with van der Waals surface area (Å²) in [5, 5.41) is 3.31. The lowest BCUT2D eigenvalue weighted by atomic mass is 10.2. The molecule has 0 saturated carbocycles. The average molecular weight is 327 g/mol. The van der Waals surface area contributed by atoms with Gasteiger partial charge in [0.05, 0.1) is 0 Å². The minimum atomic E-state index is 0.740. The zero-order valence-electron chi connectivity index (χ0n) is 8.84. The van der Waals surface area contributed by atoms with Gasteiger partial charge in [-0.3, -0.25) is 0 Å². The first-order valence-corrected chi connectivity index (χ1v) is 6.92. The second-order valence-corrected chi connectivity index (χ2v) is 6.01. The third-order valence-electron chi connectivity index (χ3n) is 2.19. The second-order valence-electron chi connectivity index (χ2n) is 3.41. The summed E-state index contributed by atoms with van der Waals surface area (Å²) in [6, 6.07) is 9.80. The Morgan fingerprint density at radius 2 is 2.24 bits per heavy atom. The van der Waals surface area contributed by atoms with Gasteiger partial charge >= 0.3 is 0 Å². The van der Waals surface area contributed by atoms with Gasteiger partial charge in [-0.1, -0.05) is 23.6 Å². The highest BCUT2D eigenvalue weighted by molar-refractivity contribution is 9.10. The standard InChI is InChI=1S/C13H9BrClNS/c1-2-9-4-3-5-10(6-9)16-8-11-7-12(14)13(15)17-11/h1,3-7,16H,8H2. The zero-order valence-corrected chi connectivity index (χ0v) is 12.0. The van der Waals surface area contributed by atoms with Crippen LogP contribution in [0.4, 0.5) is 5.69 Å². The molecule has 0 aliphatic carbocycles. The van der Waals surface area contributed by atoms with Gasteiger partial charge in [-0.05, 0) is 40.2 Å². The van der Waals surface area contributed by atoms with Gasteiger partial charge < -0.3 is 5.32 Å². The third kappa shape index (κ3) is 3.26. The van der Waals surface area contributed by atoms with Crippen LogP contribution in [0.15, 0.2) is 34.8 Å². The van der Waals surface area contributed by atoms with Crippen LogP contribution in [-0.2, 0) is 6.54 Å². The van der Waals surface area contributed by atoms with E-state index in [-0.39, 0.29) is 0 Å². The molecule has 1 N–H and O–H groups in total. The van der Waals surface area contributed by atoms with Crippen molar-refractivity contribution in [2.45, 2.75) is 6.54 Å². The smallest absolute Gasteiger partial charge is 0.107 e. The van der Waals surface area contributed by atoms with E-state index in [1.54, 1.807) is 11.3 Å². The van der Waals surface area contributed by atoms with Crippen molar-refractivity contribution in [2.24, 2.45) is 0 Å². The number of terminal acetylenes is 1. The van der Waals surface area contributed by atoms with Crippen LogP contribution in [0.5, 0.6) is 0 Å². The Hall–Kier alpha value is -0.950. The van der Waals surface area contributed by atoms with Crippen LogP contribution < -0.4 is 5.32 Å². The van der Waals surface area contributed by atoms with Crippen LogP contribution in [0.25, 0.3) is 0 Å². The SMILES string of the molecule is C#Cc1cccc(NCc2cc(Br)c(Cl)s2)c1. The number of nitrogens with one attached hydrogen (secondary N) is 1. The first-order valence-electron chi connectivity index (χ1n) is 4.93. The molecule has 86 valence electrons. The molecule has 0 unspecified atom stereocenters. The number of benzene rings is 1. The number of thiophene rings is 1. The van der Waals surface area contributed by atoms with Crippen molar-refractivity contribution in [1.29, 1.82) is 0 Å². The summed E-state index contributed by atoms with van der Waals surface area (Å²) in [6.45, 7) is 0.740. The van der Waals surface area contributed by atoms with Crippen LogP contribution in [0, 0.1) is 12.3 Å². The second kappa shape index (κ2) is 5.59. The lowest BCUT2D eigenvalue weighted by molar-refractivity contribution is 1.19. The van der Waals surface area contributed by atoms with Gasteiger partial charge in [0.1, 0.15) is 4.34 Å². The lowest BCUT2D eigenvalue weighted by Crippen LogP contribution is -1.97. The Balaban J connectivity index is 2.05. The maximum Gasteiger partial charge on any atom is 0.107 e. The molecule has 17 heavy (non-hydrogen) atoms. The molecule has 0 bridgehead atoms. The fraction of sp³-hybridized carbons (Fsp3) is 0.0769. The van der Waals surface area contributed by atoms with Crippen molar-refractivity contribution >= 4 is 44.6 Å². The van der Waals surface area contributed by atoms with Crippen LogP contribution in [0.3, 0.4) is 0 Å². The zero-order chi connectivity index (χ0) is 12.3. The Bertz CT molecular complexity index is 552. The van der Waals surface area contributed by atoms with E-state index < -0.39 is 0 Å². The molecule has 0 fully saturated rings. The molecule has 1 heterocycles. The van der Waals surface area contributed by atoms with Crippen molar-refractivity contribution in [3.05, 3.63) is 49.6 Å². The van der Waals surface area contributed by atoms with Crippen molar-refractivity contribution in [3.63, 3.8) is 0 Å². The normalized spacial score (nSPS) is 9.94. The van der Waals surface area contributed by atoms with Crippen molar-refractivity contribution in [1.82, 2.24) is 0 Å². The van der Waals surface area contributed by atoms with E-state index in [1.807, 2.05) is 30.3 Å². The summed E-state index contributed by atoms with van der Waals surface area (Å²) in [5.74, 6) is 2.61. The fourth-order valence-corrected chi connectivity index (χ4v) is 3.12. The predicted octanol–water partition coefficient (Wildman–Crippen LogP) is 4.76. The minimum Gasteiger partial charge on any atom is -0.380 e. The molecule has 1 aromatic carbocycles. The first kappa shape index (κ1) is 12.5. The van der Waals surface area contributed by atoms with Gasteiger partial charge in [0.15, 0.2) is 0 Å². The number of rotatable bonds is 3. The fourth-order valence-electron chi connectivity index (χ4n) is 1.39. The molecule has 0 aliphatic heterocycles. The molecule has 2 rings (SSSR count). The minimum absolute atomic E-state index is 0.740. The molecule has 0 aliphatic rings. The van der Waals surface area contributed by atoms with Gasteiger partial charge in [0.2, 0.25) is 0 Å². The Labute approximate surface area is 118 Å². The van der Waals surface area contributed by atoms with E-state index in [0.717, 1.165) is 26.6 Å². The van der Waals surface area contributed by atoms with Gasteiger partial charge in [-0.15, -0.1) is 17.8 Å². The Morgan fingerprint density at radius 1 is 1.41 bits per heavy atom. The van der Waals surface area contributed by atoms with E-state index in [9.17, 15) is 0 Å². The molecule has 2 aromatic rings. The molecule has 0 atom stereocenters. The highest BCUT2D eigenvalue weighted by Gasteiger charge is 2.04. The van der Waals surface area contributed by atoms with Crippen LogP contribution >= 0.6 is 38.9 Å². The molecular formula is C13H9BrClNS. The molecular weight excluding hydrogens is 318 g/mol. The Kier molecular flexibility index (Phi) is 4.11. The van der Waals surface area contributed by atoms with Crippen LogP contribution in [-0.4, -0.2) is 0 Å². The average Bonchev–Trinajstić information content (AvgIpc) is 2.67. The van der Waals surface area contributed by atoms with Crippen LogP contribution in [0.1, 0.15) is 10.4 Å². The topological polar surface area (TPSA) is 12.0 Å². The quantitative estimate of drug-likeness (QED) is 0.802.